The van der Waals surface area contributed by atoms with Crippen LogP contribution in [-0.2, 0) is 6.54 Å². The fourth-order valence-corrected chi connectivity index (χ4v) is 2.43. The molecule has 1 aliphatic rings. The fraction of sp³-hybridized carbons (Fsp3) is 0.588. The molecule has 110 valence electrons. The molecule has 0 saturated carbocycles. The molecule has 0 saturated heterocycles. The van der Waals surface area contributed by atoms with Crippen LogP contribution in [0.4, 0.5) is 0 Å². The Morgan fingerprint density at radius 2 is 2.15 bits per heavy atom. The van der Waals surface area contributed by atoms with Gasteiger partial charge in [-0.05, 0) is 43.6 Å². The van der Waals surface area contributed by atoms with Crippen molar-refractivity contribution in [1.82, 2.24) is 4.90 Å². The Labute approximate surface area is 122 Å². The van der Waals surface area contributed by atoms with E-state index in [-0.39, 0.29) is 0 Å². The van der Waals surface area contributed by atoms with Crippen LogP contribution >= 0.6 is 0 Å². The summed E-state index contributed by atoms with van der Waals surface area (Å²) < 4.78 is 5.82. The Morgan fingerprint density at radius 3 is 2.85 bits per heavy atom. The highest BCUT2D eigenvalue weighted by atomic mass is 16.5. The summed E-state index contributed by atoms with van der Waals surface area (Å²) >= 11 is 0. The highest BCUT2D eigenvalue weighted by molar-refractivity contribution is 6.05. The van der Waals surface area contributed by atoms with Crippen LogP contribution in [0.25, 0.3) is 0 Å². The molecule has 1 aromatic carbocycles. The molecule has 1 heterocycles. The van der Waals surface area contributed by atoms with E-state index in [2.05, 4.69) is 55.9 Å². The van der Waals surface area contributed by atoms with Crippen LogP contribution in [0.5, 0.6) is 5.75 Å². The van der Waals surface area contributed by atoms with E-state index >= 15 is 0 Å². The van der Waals surface area contributed by atoms with E-state index in [0.717, 1.165) is 32.0 Å². The van der Waals surface area contributed by atoms with Gasteiger partial charge >= 0.3 is 0 Å². The van der Waals surface area contributed by atoms with E-state index in [1.807, 2.05) is 0 Å². The second-order valence-electron chi connectivity index (χ2n) is 6.02. The summed E-state index contributed by atoms with van der Waals surface area (Å²) in [6.07, 6.45) is 1.17. The highest BCUT2D eigenvalue weighted by Crippen LogP contribution is 2.24. The average Bonchev–Trinajstić information content (AvgIpc) is 2.79. The van der Waals surface area contributed by atoms with Crippen LogP contribution in [0.15, 0.2) is 23.2 Å². The predicted molar refractivity (Wildman–Crippen MR) is 84.8 cm³/mol. The monoisotopic (exact) mass is 274 g/mol. The van der Waals surface area contributed by atoms with Gasteiger partial charge in [0, 0.05) is 12.1 Å². The lowest BCUT2D eigenvalue weighted by Gasteiger charge is -2.16. The van der Waals surface area contributed by atoms with Gasteiger partial charge < -0.3 is 9.64 Å². The molecule has 1 aromatic rings. The Bertz CT molecular complexity index is 480. The van der Waals surface area contributed by atoms with Crippen molar-refractivity contribution in [2.24, 2.45) is 10.9 Å². The number of rotatable bonds is 7. The number of ether oxygens (including phenoxy) is 1. The molecule has 0 spiro atoms. The standard InChI is InChI=1S/C17H26N2O/c1-5-8-19(4)11-17-16-9-15(20-12-13(2)3)7-6-14(16)10-18-17/h6-7,9,13H,5,8,10-12H2,1-4H3. The van der Waals surface area contributed by atoms with Gasteiger partial charge in [0.1, 0.15) is 5.75 Å². The molecule has 0 atom stereocenters. The molecule has 1 aliphatic heterocycles. The number of benzene rings is 1. The van der Waals surface area contributed by atoms with Gasteiger partial charge in [-0.3, -0.25) is 4.99 Å². The Morgan fingerprint density at radius 1 is 1.35 bits per heavy atom. The normalized spacial score (nSPS) is 13.8. The Kier molecular flexibility index (Phi) is 5.18. The first kappa shape index (κ1) is 15.0. The molecule has 20 heavy (non-hydrogen) atoms. The lowest BCUT2D eigenvalue weighted by Crippen LogP contribution is -2.26. The van der Waals surface area contributed by atoms with Crippen molar-refractivity contribution in [1.29, 1.82) is 0 Å². The Hall–Kier alpha value is -1.35. The van der Waals surface area contributed by atoms with Crippen molar-refractivity contribution in [2.75, 3.05) is 26.7 Å². The third kappa shape index (κ3) is 3.83. The maximum absolute atomic E-state index is 5.82. The highest BCUT2D eigenvalue weighted by Gasteiger charge is 2.17. The minimum atomic E-state index is 0.548. The molecule has 3 heteroatoms. The first-order valence-corrected chi connectivity index (χ1v) is 7.58. The summed E-state index contributed by atoms with van der Waals surface area (Å²) in [5.41, 5.74) is 3.79. The van der Waals surface area contributed by atoms with E-state index < -0.39 is 0 Å². The van der Waals surface area contributed by atoms with Gasteiger partial charge in [-0.15, -0.1) is 0 Å². The van der Waals surface area contributed by atoms with Crippen molar-refractivity contribution < 1.29 is 4.74 Å². The van der Waals surface area contributed by atoms with Crippen LogP contribution in [0, 0.1) is 5.92 Å². The average molecular weight is 274 g/mol. The molecule has 0 aromatic heterocycles. The maximum atomic E-state index is 5.82. The van der Waals surface area contributed by atoms with Gasteiger partial charge in [-0.2, -0.15) is 0 Å². The van der Waals surface area contributed by atoms with Crippen molar-refractivity contribution >= 4 is 5.71 Å². The quantitative estimate of drug-likeness (QED) is 0.761. The van der Waals surface area contributed by atoms with Crippen molar-refractivity contribution in [3.8, 4) is 5.75 Å². The summed E-state index contributed by atoms with van der Waals surface area (Å²) in [4.78, 5) is 7.01. The van der Waals surface area contributed by atoms with Crippen LogP contribution in [0.3, 0.4) is 0 Å². The van der Waals surface area contributed by atoms with E-state index in [0.29, 0.717) is 5.92 Å². The second-order valence-corrected chi connectivity index (χ2v) is 6.02. The molecular formula is C17H26N2O. The van der Waals surface area contributed by atoms with Gasteiger partial charge in [0.15, 0.2) is 0 Å². The van der Waals surface area contributed by atoms with Crippen molar-refractivity contribution in [2.45, 2.75) is 33.7 Å². The number of likely N-dealkylation sites (N-methyl/N-ethyl adjacent to an activating group) is 1. The van der Waals surface area contributed by atoms with Crippen LogP contribution in [0.1, 0.15) is 38.3 Å². The van der Waals surface area contributed by atoms with Gasteiger partial charge in [-0.25, -0.2) is 0 Å². The molecule has 0 N–H and O–H groups in total. The number of hydrogen-bond donors (Lipinski definition) is 0. The van der Waals surface area contributed by atoms with Crippen LogP contribution in [0.2, 0.25) is 0 Å². The molecular weight excluding hydrogens is 248 g/mol. The predicted octanol–water partition coefficient (Wildman–Crippen LogP) is 3.37. The first-order chi connectivity index (χ1) is 9.60. The summed E-state index contributed by atoms with van der Waals surface area (Å²) in [5.74, 6) is 1.51. The third-order valence-corrected chi connectivity index (χ3v) is 3.44. The van der Waals surface area contributed by atoms with Gasteiger partial charge in [0.05, 0.1) is 18.9 Å². The molecule has 0 unspecified atom stereocenters. The molecule has 3 nitrogen and oxygen atoms in total. The molecule has 2 rings (SSSR count). The van der Waals surface area contributed by atoms with Gasteiger partial charge in [0.25, 0.3) is 0 Å². The number of nitrogens with zero attached hydrogens (tertiary/aromatic N) is 2. The smallest absolute Gasteiger partial charge is 0.119 e. The summed E-state index contributed by atoms with van der Waals surface area (Å²) in [5, 5.41) is 0. The molecule has 0 radical (unpaired) electrons. The minimum Gasteiger partial charge on any atom is -0.493 e. The van der Waals surface area contributed by atoms with Crippen molar-refractivity contribution in [3.63, 3.8) is 0 Å². The molecule has 0 bridgehead atoms. The molecule has 0 amide bonds. The summed E-state index contributed by atoms with van der Waals surface area (Å²) in [6, 6.07) is 6.38. The zero-order valence-electron chi connectivity index (χ0n) is 13.1. The van der Waals surface area contributed by atoms with Gasteiger partial charge in [-0.1, -0.05) is 26.8 Å². The van der Waals surface area contributed by atoms with E-state index in [9.17, 15) is 0 Å². The minimum absolute atomic E-state index is 0.548. The van der Waals surface area contributed by atoms with Crippen LogP contribution < -0.4 is 4.74 Å². The molecule has 0 fully saturated rings. The van der Waals surface area contributed by atoms with Gasteiger partial charge in [0.2, 0.25) is 0 Å². The fourth-order valence-electron chi connectivity index (χ4n) is 2.43. The lowest BCUT2D eigenvalue weighted by atomic mass is 10.0. The Balaban J connectivity index is 2.06. The maximum Gasteiger partial charge on any atom is 0.119 e. The second kappa shape index (κ2) is 6.89. The largest absolute Gasteiger partial charge is 0.493 e. The number of hydrogen-bond acceptors (Lipinski definition) is 3. The summed E-state index contributed by atoms with van der Waals surface area (Å²) in [6.45, 7) is 10.2. The van der Waals surface area contributed by atoms with E-state index in [1.54, 1.807) is 0 Å². The summed E-state index contributed by atoms with van der Waals surface area (Å²) in [7, 11) is 2.16. The van der Waals surface area contributed by atoms with Crippen LogP contribution in [-0.4, -0.2) is 37.4 Å². The zero-order chi connectivity index (χ0) is 14.5. The van der Waals surface area contributed by atoms with E-state index in [4.69, 9.17) is 4.74 Å². The zero-order valence-corrected chi connectivity index (χ0v) is 13.1. The number of fused-ring (bicyclic) bond motifs is 1. The van der Waals surface area contributed by atoms with Crippen molar-refractivity contribution in [3.05, 3.63) is 29.3 Å². The van der Waals surface area contributed by atoms with E-state index in [1.165, 1.54) is 23.3 Å². The lowest BCUT2D eigenvalue weighted by molar-refractivity contribution is 0.271. The number of aliphatic imine (C=N–C) groups is 1. The SMILES string of the molecule is CCCN(C)CC1=NCc2ccc(OCC(C)C)cc21. The topological polar surface area (TPSA) is 24.8 Å². The molecule has 0 aliphatic carbocycles. The third-order valence-electron chi connectivity index (χ3n) is 3.44. The first-order valence-electron chi connectivity index (χ1n) is 7.58.